The fraction of sp³-hybridized carbons (Fsp3) is 0.571. The van der Waals surface area contributed by atoms with Gasteiger partial charge in [0.2, 0.25) is 0 Å². The summed E-state index contributed by atoms with van der Waals surface area (Å²) in [6.45, 7) is 2.21. The van der Waals surface area contributed by atoms with Crippen molar-refractivity contribution in [3.8, 4) is 0 Å². The zero-order valence-electron chi connectivity index (χ0n) is 11.4. The third kappa shape index (κ3) is 3.86. The number of carbonyl (C=O) groups is 1. The van der Waals surface area contributed by atoms with Crippen molar-refractivity contribution in [3.63, 3.8) is 0 Å². The van der Waals surface area contributed by atoms with Crippen LogP contribution in [0.15, 0.2) is 18.3 Å². The number of nitrogens with zero attached hydrogens (tertiary/aromatic N) is 1. The Balaban J connectivity index is 1.94. The smallest absolute Gasteiger partial charge is 0.356 e. The average Bonchev–Trinajstić information content (AvgIpc) is 2.86. The maximum Gasteiger partial charge on any atom is 0.356 e. The van der Waals surface area contributed by atoms with Gasteiger partial charge in [0, 0.05) is 23.2 Å². The molecule has 2 unspecified atom stereocenters. The van der Waals surface area contributed by atoms with Crippen molar-refractivity contribution in [1.29, 1.82) is 0 Å². The minimum Gasteiger partial charge on any atom is -0.464 e. The van der Waals surface area contributed by atoms with Crippen LogP contribution in [0.1, 0.15) is 36.7 Å². The number of nitrogens with one attached hydrogen (secondary N) is 1. The standard InChI is InChI=1S/C14H20N2O2S/c1-3-19-12-5-4-10(8-12)16-11-6-7-15-13(9-11)14(17)18-2/h6-7,9-10,12H,3-5,8H2,1-2H3,(H,15,16). The van der Waals surface area contributed by atoms with Crippen LogP contribution in [0.5, 0.6) is 0 Å². The van der Waals surface area contributed by atoms with Gasteiger partial charge in [-0.25, -0.2) is 9.78 Å². The van der Waals surface area contributed by atoms with Crippen molar-refractivity contribution in [1.82, 2.24) is 4.98 Å². The van der Waals surface area contributed by atoms with E-state index >= 15 is 0 Å². The van der Waals surface area contributed by atoms with Crippen molar-refractivity contribution in [3.05, 3.63) is 24.0 Å². The van der Waals surface area contributed by atoms with Gasteiger partial charge in [-0.05, 0) is 37.1 Å². The molecule has 0 aromatic carbocycles. The Labute approximate surface area is 118 Å². The third-order valence-corrected chi connectivity index (χ3v) is 4.55. The highest BCUT2D eigenvalue weighted by atomic mass is 32.2. The lowest BCUT2D eigenvalue weighted by atomic mass is 10.2. The molecule has 0 spiro atoms. The summed E-state index contributed by atoms with van der Waals surface area (Å²) in [6, 6.07) is 4.15. The van der Waals surface area contributed by atoms with Crippen LogP contribution in [0.25, 0.3) is 0 Å². The first-order chi connectivity index (χ1) is 9.22. The predicted molar refractivity (Wildman–Crippen MR) is 78.8 cm³/mol. The summed E-state index contributed by atoms with van der Waals surface area (Å²) in [5.74, 6) is 0.786. The van der Waals surface area contributed by atoms with E-state index in [0.717, 1.165) is 10.9 Å². The lowest BCUT2D eigenvalue weighted by Gasteiger charge is -2.14. The normalized spacial score (nSPS) is 22.2. The van der Waals surface area contributed by atoms with Crippen molar-refractivity contribution < 1.29 is 9.53 Å². The quantitative estimate of drug-likeness (QED) is 0.840. The lowest BCUT2D eigenvalue weighted by Crippen LogP contribution is -2.16. The van der Waals surface area contributed by atoms with E-state index in [4.69, 9.17) is 0 Å². The lowest BCUT2D eigenvalue weighted by molar-refractivity contribution is 0.0594. The van der Waals surface area contributed by atoms with E-state index in [2.05, 4.69) is 22.0 Å². The minimum atomic E-state index is -0.394. The van der Waals surface area contributed by atoms with Crippen LogP contribution in [-0.2, 0) is 4.74 Å². The summed E-state index contributed by atoms with van der Waals surface area (Å²) in [5.41, 5.74) is 1.30. The maximum absolute atomic E-state index is 11.4. The number of methoxy groups -OCH3 is 1. The Bertz CT molecular complexity index is 439. The molecular weight excluding hydrogens is 260 g/mol. The molecule has 0 radical (unpaired) electrons. The van der Waals surface area contributed by atoms with E-state index in [1.54, 1.807) is 12.3 Å². The number of pyridine rings is 1. The summed E-state index contributed by atoms with van der Waals surface area (Å²) in [6.07, 6.45) is 5.29. The summed E-state index contributed by atoms with van der Waals surface area (Å²) >= 11 is 2.04. The highest BCUT2D eigenvalue weighted by Crippen LogP contribution is 2.31. The van der Waals surface area contributed by atoms with Gasteiger partial charge in [-0.3, -0.25) is 0 Å². The Morgan fingerprint density at radius 2 is 2.42 bits per heavy atom. The predicted octanol–water partition coefficient (Wildman–Crippen LogP) is 2.95. The van der Waals surface area contributed by atoms with Gasteiger partial charge >= 0.3 is 5.97 Å². The monoisotopic (exact) mass is 280 g/mol. The fourth-order valence-corrected chi connectivity index (χ4v) is 3.57. The second kappa shape index (κ2) is 6.80. The Morgan fingerprint density at radius 3 is 3.16 bits per heavy atom. The number of hydrogen-bond donors (Lipinski definition) is 1. The van der Waals surface area contributed by atoms with E-state index in [0.29, 0.717) is 11.7 Å². The Morgan fingerprint density at radius 1 is 1.58 bits per heavy atom. The number of hydrogen-bond acceptors (Lipinski definition) is 5. The minimum absolute atomic E-state index is 0.352. The molecule has 1 aromatic heterocycles. The van der Waals surface area contributed by atoms with Crippen LogP contribution in [0.3, 0.4) is 0 Å². The largest absolute Gasteiger partial charge is 0.464 e. The van der Waals surface area contributed by atoms with Crippen molar-refractivity contribution in [2.45, 2.75) is 37.5 Å². The van der Waals surface area contributed by atoms with Crippen LogP contribution < -0.4 is 5.32 Å². The van der Waals surface area contributed by atoms with E-state index < -0.39 is 5.97 Å². The van der Waals surface area contributed by atoms with Gasteiger partial charge in [0.25, 0.3) is 0 Å². The molecule has 1 fully saturated rings. The van der Waals surface area contributed by atoms with E-state index in [9.17, 15) is 4.79 Å². The van der Waals surface area contributed by atoms with E-state index in [-0.39, 0.29) is 0 Å². The van der Waals surface area contributed by atoms with Crippen LogP contribution >= 0.6 is 11.8 Å². The van der Waals surface area contributed by atoms with E-state index in [1.807, 2.05) is 17.8 Å². The Kier molecular flexibility index (Phi) is 5.07. The van der Waals surface area contributed by atoms with Gasteiger partial charge in [-0.1, -0.05) is 6.92 Å². The Hall–Kier alpha value is -1.23. The maximum atomic E-state index is 11.4. The molecule has 104 valence electrons. The van der Waals surface area contributed by atoms with Crippen molar-refractivity contribution in [2.75, 3.05) is 18.2 Å². The highest BCUT2D eigenvalue weighted by molar-refractivity contribution is 7.99. The molecule has 5 heteroatoms. The number of aromatic nitrogens is 1. The van der Waals surface area contributed by atoms with Crippen LogP contribution in [-0.4, -0.2) is 35.1 Å². The van der Waals surface area contributed by atoms with E-state index in [1.165, 1.54) is 32.1 Å². The molecule has 0 bridgehead atoms. The zero-order valence-corrected chi connectivity index (χ0v) is 12.2. The number of rotatable bonds is 5. The molecule has 2 atom stereocenters. The fourth-order valence-electron chi connectivity index (χ4n) is 2.43. The molecule has 0 amide bonds. The van der Waals surface area contributed by atoms with Crippen LogP contribution in [0.2, 0.25) is 0 Å². The third-order valence-electron chi connectivity index (χ3n) is 3.31. The van der Waals surface area contributed by atoms with Crippen molar-refractivity contribution in [2.24, 2.45) is 0 Å². The summed E-state index contributed by atoms with van der Waals surface area (Å²) in [7, 11) is 1.37. The molecule has 1 saturated carbocycles. The first-order valence-corrected chi connectivity index (χ1v) is 7.70. The first kappa shape index (κ1) is 14.2. The zero-order chi connectivity index (χ0) is 13.7. The number of esters is 1. The number of anilines is 1. The molecule has 4 nitrogen and oxygen atoms in total. The SMILES string of the molecule is CCSC1CCC(Nc2ccnc(C(=O)OC)c2)C1. The second-order valence-corrected chi connectivity index (χ2v) is 6.23. The number of carbonyl (C=O) groups excluding carboxylic acids is 1. The molecular formula is C14H20N2O2S. The molecule has 1 heterocycles. The van der Waals surface area contributed by atoms with Gasteiger partial charge in [-0.15, -0.1) is 0 Å². The molecule has 2 rings (SSSR count). The molecule has 1 aliphatic rings. The molecule has 1 aromatic rings. The molecule has 1 aliphatic carbocycles. The molecule has 0 aliphatic heterocycles. The summed E-state index contributed by atoms with van der Waals surface area (Å²) < 4.78 is 4.68. The number of ether oxygens (including phenoxy) is 1. The molecule has 0 saturated heterocycles. The van der Waals surface area contributed by atoms with Crippen molar-refractivity contribution >= 4 is 23.4 Å². The first-order valence-electron chi connectivity index (χ1n) is 6.65. The van der Waals surface area contributed by atoms with Gasteiger partial charge in [0.05, 0.1) is 7.11 Å². The summed E-state index contributed by atoms with van der Waals surface area (Å²) in [4.78, 5) is 15.4. The van der Waals surface area contributed by atoms with Crippen LogP contribution in [0.4, 0.5) is 5.69 Å². The highest BCUT2D eigenvalue weighted by Gasteiger charge is 2.24. The van der Waals surface area contributed by atoms with Gasteiger partial charge in [-0.2, -0.15) is 11.8 Å². The molecule has 19 heavy (non-hydrogen) atoms. The summed E-state index contributed by atoms with van der Waals surface area (Å²) in [5, 5.41) is 4.26. The van der Waals surface area contributed by atoms with Gasteiger partial charge < -0.3 is 10.1 Å². The molecule has 1 N–H and O–H groups in total. The topological polar surface area (TPSA) is 51.2 Å². The van der Waals surface area contributed by atoms with Crippen LogP contribution in [0, 0.1) is 0 Å². The van der Waals surface area contributed by atoms with Gasteiger partial charge in [0.15, 0.2) is 0 Å². The number of thioether (sulfide) groups is 1. The van der Waals surface area contributed by atoms with Gasteiger partial charge in [0.1, 0.15) is 5.69 Å². The second-order valence-electron chi connectivity index (χ2n) is 4.65. The average molecular weight is 280 g/mol.